The Hall–Kier alpha value is -1.00. The zero-order chi connectivity index (χ0) is 12.4. The van der Waals surface area contributed by atoms with Gasteiger partial charge >= 0.3 is 0 Å². The molecule has 0 spiro atoms. The smallest absolute Gasteiger partial charge is 0.145 e. The number of nitrogens with one attached hydrogen (secondary N) is 1. The van der Waals surface area contributed by atoms with Gasteiger partial charge in [0.25, 0.3) is 0 Å². The number of rotatable bonds is 2. The van der Waals surface area contributed by atoms with Gasteiger partial charge in [-0.05, 0) is 45.5 Å². The van der Waals surface area contributed by atoms with Gasteiger partial charge in [0.15, 0.2) is 0 Å². The summed E-state index contributed by atoms with van der Waals surface area (Å²) in [5.41, 5.74) is 1.23. The van der Waals surface area contributed by atoms with E-state index in [1.165, 1.54) is 37.9 Å². The minimum atomic E-state index is 0.373. The van der Waals surface area contributed by atoms with Crippen molar-refractivity contribution in [1.29, 1.82) is 0 Å². The lowest BCUT2D eigenvalue weighted by atomic mass is 10.0. The van der Waals surface area contributed by atoms with Crippen LogP contribution in [0.5, 0.6) is 0 Å². The molecule has 3 rings (SSSR count). The van der Waals surface area contributed by atoms with Crippen LogP contribution in [0.2, 0.25) is 0 Å². The molecule has 3 heterocycles. The van der Waals surface area contributed by atoms with Crippen LogP contribution < -0.4 is 5.32 Å². The molecule has 0 bridgehead atoms. The summed E-state index contributed by atoms with van der Waals surface area (Å²) in [4.78, 5) is 11.7. The fourth-order valence-corrected chi connectivity index (χ4v) is 3.03. The molecule has 18 heavy (non-hydrogen) atoms. The van der Waals surface area contributed by atoms with Crippen molar-refractivity contribution in [2.75, 3.05) is 26.7 Å². The van der Waals surface area contributed by atoms with Crippen molar-refractivity contribution >= 4 is 0 Å². The fourth-order valence-electron chi connectivity index (χ4n) is 3.03. The minimum Gasteiger partial charge on any atom is -0.307 e. The van der Waals surface area contributed by atoms with Gasteiger partial charge in [-0.25, -0.2) is 9.97 Å². The molecule has 98 valence electrons. The largest absolute Gasteiger partial charge is 0.307 e. The zero-order valence-corrected chi connectivity index (χ0v) is 11.1. The van der Waals surface area contributed by atoms with Gasteiger partial charge in [-0.15, -0.1) is 0 Å². The Morgan fingerprint density at radius 2 is 2.28 bits per heavy atom. The second-order valence-corrected chi connectivity index (χ2v) is 5.59. The van der Waals surface area contributed by atoms with Gasteiger partial charge in [-0.1, -0.05) is 6.42 Å². The first-order valence-corrected chi connectivity index (χ1v) is 7.08. The molecular formula is C14H22N4. The summed E-state index contributed by atoms with van der Waals surface area (Å²) in [5, 5.41) is 3.53. The molecule has 2 saturated heterocycles. The van der Waals surface area contributed by atoms with Gasteiger partial charge in [0, 0.05) is 24.4 Å². The number of likely N-dealkylation sites (tertiary alicyclic amines) is 1. The van der Waals surface area contributed by atoms with Crippen molar-refractivity contribution in [1.82, 2.24) is 20.2 Å². The van der Waals surface area contributed by atoms with Crippen LogP contribution in [0.25, 0.3) is 0 Å². The lowest BCUT2D eigenvalue weighted by Gasteiger charge is -2.22. The predicted molar refractivity (Wildman–Crippen MR) is 71.5 cm³/mol. The fraction of sp³-hybridized carbons (Fsp3) is 0.714. The van der Waals surface area contributed by atoms with Crippen LogP contribution in [0.1, 0.15) is 49.2 Å². The van der Waals surface area contributed by atoms with Crippen LogP contribution in [0.15, 0.2) is 12.3 Å². The maximum atomic E-state index is 4.81. The van der Waals surface area contributed by atoms with E-state index in [-0.39, 0.29) is 0 Å². The van der Waals surface area contributed by atoms with Crippen LogP contribution in [0.3, 0.4) is 0 Å². The highest BCUT2D eigenvalue weighted by Gasteiger charge is 2.24. The monoisotopic (exact) mass is 246 g/mol. The molecule has 1 N–H and O–H groups in total. The molecule has 0 saturated carbocycles. The second kappa shape index (κ2) is 5.33. The van der Waals surface area contributed by atoms with Crippen molar-refractivity contribution < 1.29 is 0 Å². The number of nitrogens with zero attached hydrogens (tertiary/aromatic N) is 3. The summed E-state index contributed by atoms with van der Waals surface area (Å²) in [6.45, 7) is 3.42. The maximum Gasteiger partial charge on any atom is 0.145 e. The summed E-state index contributed by atoms with van der Waals surface area (Å²) in [6, 6.07) is 2.47. The van der Waals surface area contributed by atoms with E-state index in [1.807, 2.05) is 6.20 Å². The third-order valence-corrected chi connectivity index (χ3v) is 4.13. The lowest BCUT2D eigenvalue weighted by molar-refractivity contribution is 0.393. The molecule has 2 aliphatic rings. The topological polar surface area (TPSA) is 41.1 Å². The average Bonchev–Trinajstić information content (AvgIpc) is 2.87. The van der Waals surface area contributed by atoms with E-state index in [9.17, 15) is 0 Å². The Labute approximate surface area is 109 Å². The summed E-state index contributed by atoms with van der Waals surface area (Å²) in [6.07, 6.45) is 6.91. The molecule has 1 aromatic rings. The quantitative estimate of drug-likeness (QED) is 0.862. The SMILES string of the molecule is CN1CCC(c2ccnc(C3CCCCN3)n2)C1. The van der Waals surface area contributed by atoms with Gasteiger partial charge in [0.05, 0.1) is 6.04 Å². The molecule has 2 fully saturated rings. The molecular weight excluding hydrogens is 224 g/mol. The Morgan fingerprint density at radius 3 is 3.00 bits per heavy atom. The molecule has 0 aliphatic carbocycles. The van der Waals surface area contributed by atoms with Crippen LogP contribution in [-0.2, 0) is 0 Å². The predicted octanol–water partition coefficient (Wildman–Crippen LogP) is 1.71. The Bertz CT molecular complexity index is 381. The molecule has 4 heteroatoms. The summed E-state index contributed by atoms with van der Waals surface area (Å²) in [7, 11) is 2.19. The molecule has 4 nitrogen and oxygen atoms in total. The third kappa shape index (κ3) is 2.54. The minimum absolute atomic E-state index is 0.373. The van der Waals surface area contributed by atoms with Gasteiger partial charge < -0.3 is 10.2 Å². The Morgan fingerprint density at radius 1 is 1.33 bits per heavy atom. The van der Waals surface area contributed by atoms with Crippen molar-refractivity contribution in [3.63, 3.8) is 0 Å². The van der Waals surface area contributed by atoms with Crippen LogP contribution >= 0.6 is 0 Å². The van der Waals surface area contributed by atoms with Crippen molar-refractivity contribution in [3.8, 4) is 0 Å². The lowest BCUT2D eigenvalue weighted by Crippen LogP contribution is -2.28. The highest BCUT2D eigenvalue weighted by atomic mass is 15.1. The molecule has 0 aromatic carbocycles. The van der Waals surface area contributed by atoms with Gasteiger partial charge in [-0.3, -0.25) is 0 Å². The highest BCUT2D eigenvalue weighted by Crippen LogP contribution is 2.26. The molecule has 0 amide bonds. The molecule has 1 aromatic heterocycles. The number of likely N-dealkylation sites (N-methyl/N-ethyl adjacent to an activating group) is 1. The first-order valence-electron chi connectivity index (χ1n) is 7.08. The summed E-state index contributed by atoms with van der Waals surface area (Å²) in [5.74, 6) is 1.60. The summed E-state index contributed by atoms with van der Waals surface area (Å²) < 4.78 is 0. The van der Waals surface area contributed by atoms with Gasteiger partial charge in [0.1, 0.15) is 5.82 Å². The number of aromatic nitrogens is 2. The van der Waals surface area contributed by atoms with Crippen LogP contribution in [-0.4, -0.2) is 41.5 Å². The Kier molecular flexibility index (Phi) is 3.57. The van der Waals surface area contributed by atoms with Crippen LogP contribution in [0, 0.1) is 0 Å². The van der Waals surface area contributed by atoms with E-state index < -0.39 is 0 Å². The number of hydrogen-bond acceptors (Lipinski definition) is 4. The Balaban J connectivity index is 1.76. The van der Waals surface area contributed by atoms with Crippen molar-refractivity contribution in [2.45, 2.75) is 37.6 Å². The number of piperidine rings is 1. The highest BCUT2D eigenvalue weighted by molar-refractivity contribution is 5.12. The maximum absolute atomic E-state index is 4.81. The molecule has 2 aliphatic heterocycles. The second-order valence-electron chi connectivity index (χ2n) is 5.59. The molecule has 2 atom stereocenters. The van der Waals surface area contributed by atoms with E-state index in [2.05, 4.69) is 28.3 Å². The first kappa shape index (κ1) is 12.1. The zero-order valence-electron chi connectivity index (χ0n) is 11.1. The van der Waals surface area contributed by atoms with Crippen molar-refractivity contribution in [3.05, 3.63) is 23.8 Å². The molecule has 0 radical (unpaired) electrons. The standard InChI is InChI=1S/C14H22N4/c1-18-9-6-11(10-18)12-5-8-16-14(17-12)13-4-2-3-7-15-13/h5,8,11,13,15H,2-4,6-7,9-10H2,1H3. The van der Waals surface area contributed by atoms with E-state index in [4.69, 9.17) is 4.98 Å². The summed E-state index contributed by atoms with van der Waals surface area (Å²) >= 11 is 0. The van der Waals surface area contributed by atoms with Crippen molar-refractivity contribution in [2.24, 2.45) is 0 Å². The average molecular weight is 246 g/mol. The van der Waals surface area contributed by atoms with E-state index >= 15 is 0 Å². The number of hydrogen-bond donors (Lipinski definition) is 1. The third-order valence-electron chi connectivity index (χ3n) is 4.13. The van der Waals surface area contributed by atoms with Gasteiger partial charge in [-0.2, -0.15) is 0 Å². The van der Waals surface area contributed by atoms with E-state index in [0.29, 0.717) is 12.0 Å². The first-order chi connectivity index (χ1) is 8.83. The van der Waals surface area contributed by atoms with Gasteiger partial charge in [0.2, 0.25) is 0 Å². The normalized spacial score (nSPS) is 29.6. The van der Waals surface area contributed by atoms with E-state index in [0.717, 1.165) is 18.9 Å². The van der Waals surface area contributed by atoms with E-state index in [1.54, 1.807) is 0 Å². The van der Waals surface area contributed by atoms with Crippen LogP contribution in [0.4, 0.5) is 0 Å². The molecule has 2 unspecified atom stereocenters.